The summed E-state index contributed by atoms with van der Waals surface area (Å²) in [7, 11) is -3.13. The average molecular weight is 372 g/mol. The molecule has 2 heterocycles. The van der Waals surface area contributed by atoms with E-state index in [2.05, 4.69) is 39.2 Å². The second-order valence-corrected chi connectivity index (χ2v) is 8.54. The first-order valence-electron chi connectivity index (χ1n) is 8.74. The Morgan fingerprint density at radius 2 is 2.04 bits per heavy atom. The van der Waals surface area contributed by atoms with Crippen LogP contribution in [0.1, 0.15) is 33.1 Å². The van der Waals surface area contributed by atoms with Crippen LogP contribution in [-0.2, 0) is 14.8 Å². The summed E-state index contributed by atoms with van der Waals surface area (Å²) in [6.07, 6.45) is 5.64. The van der Waals surface area contributed by atoms with Crippen LogP contribution in [0.4, 0.5) is 11.6 Å². The predicted molar refractivity (Wildman–Crippen MR) is 99.2 cm³/mol. The van der Waals surface area contributed by atoms with E-state index in [9.17, 15) is 8.42 Å². The van der Waals surface area contributed by atoms with Crippen LogP contribution >= 0.6 is 0 Å². The molecular formula is C16H29N5O3S. The molecule has 0 bridgehead atoms. The number of ether oxygens (including phenoxy) is 1. The lowest BCUT2D eigenvalue weighted by Crippen LogP contribution is -2.43. The normalized spacial score (nSPS) is 21.3. The van der Waals surface area contributed by atoms with E-state index in [1.54, 1.807) is 0 Å². The molecule has 2 rings (SSSR count). The van der Waals surface area contributed by atoms with Crippen molar-refractivity contribution in [3.05, 3.63) is 12.4 Å². The lowest BCUT2D eigenvalue weighted by atomic mass is 9.94. The molecule has 142 valence electrons. The van der Waals surface area contributed by atoms with Gasteiger partial charge in [0.2, 0.25) is 10.0 Å². The van der Waals surface area contributed by atoms with E-state index < -0.39 is 10.0 Å². The molecule has 0 saturated carbocycles. The van der Waals surface area contributed by atoms with Gasteiger partial charge in [-0.05, 0) is 25.2 Å². The summed E-state index contributed by atoms with van der Waals surface area (Å²) in [6, 6.07) is 2.12. The van der Waals surface area contributed by atoms with Gasteiger partial charge in [0.25, 0.3) is 0 Å². The van der Waals surface area contributed by atoms with E-state index in [0.717, 1.165) is 37.3 Å². The first-order valence-corrected chi connectivity index (χ1v) is 10.6. The molecule has 0 unspecified atom stereocenters. The topological polar surface area (TPSA) is 105 Å². The average Bonchev–Trinajstić information content (AvgIpc) is 2.54. The molecule has 1 fully saturated rings. The van der Waals surface area contributed by atoms with Gasteiger partial charge in [-0.3, -0.25) is 0 Å². The van der Waals surface area contributed by atoms with Gasteiger partial charge < -0.3 is 15.4 Å². The van der Waals surface area contributed by atoms with Gasteiger partial charge in [-0.1, -0.05) is 13.8 Å². The minimum atomic E-state index is -3.13. The fourth-order valence-corrected chi connectivity index (χ4v) is 3.41. The zero-order chi connectivity index (χ0) is 18.3. The quantitative estimate of drug-likeness (QED) is 0.564. The van der Waals surface area contributed by atoms with Crippen molar-refractivity contribution in [3.8, 4) is 0 Å². The lowest BCUT2D eigenvalue weighted by molar-refractivity contribution is -0.0203. The minimum absolute atomic E-state index is 0.183. The van der Waals surface area contributed by atoms with Crippen LogP contribution in [0.25, 0.3) is 0 Å². The fourth-order valence-electron chi connectivity index (χ4n) is 2.90. The van der Waals surface area contributed by atoms with E-state index in [1.165, 1.54) is 6.33 Å². The largest absolute Gasteiger partial charge is 0.376 e. The van der Waals surface area contributed by atoms with E-state index >= 15 is 0 Å². The molecule has 1 saturated heterocycles. The zero-order valence-corrected chi connectivity index (χ0v) is 16.0. The Hall–Kier alpha value is -1.45. The highest BCUT2D eigenvalue weighted by Crippen LogP contribution is 2.23. The van der Waals surface area contributed by atoms with Crippen LogP contribution in [0.3, 0.4) is 0 Å². The highest BCUT2D eigenvalue weighted by Gasteiger charge is 2.28. The minimum Gasteiger partial charge on any atom is -0.376 e. The second kappa shape index (κ2) is 9.30. The van der Waals surface area contributed by atoms with Crippen LogP contribution in [0.5, 0.6) is 0 Å². The third-order valence-corrected chi connectivity index (χ3v) is 4.78. The summed E-state index contributed by atoms with van der Waals surface area (Å²) in [4.78, 5) is 8.50. The van der Waals surface area contributed by atoms with Crippen molar-refractivity contribution in [1.82, 2.24) is 14.7 Å². The molecular weight excluding hydrogens is 342 g/mol. The molecule has 1 aliphatic heterocycles. The number of anilines is 2. The number of hydrogen-bond donors (Lipinski definition) is 3. The van der Waals surface area contributed by atoms with E-state index in [4.69, 9.17) is 4.74 Å². The summed E-state index contributed by atoms with van der Waals surface area (Å²) in [6.45, 7) is 6.18. The number of nitrogens with one attached hydrogen (secondary N) is 3. The van der Waals surface area contributed by atoms with Crippen molar-refractivity contribution in [2.24, 2.45) is 5.92 Å². The van der Waals surface area contributed by atoms with Gasteiger partial charge in [0.05, 0.1) is 18.4 Å². The molecule has 0 aliphatic carbocycles. The fraction of sp³-hybridized carbons (Fsp3) is 0.750. The Morgan fingerprint density at radius 3 is 2.76 bits per heavy atom. The molecule has 0 radical (unpaired) electrons. The Bertz CT molecular complexity index is 638. The van der Waals surface area contributed by atoms with Crippen molar-refractivity contribution in [2.45, 2.75) is 45.3 Å². The van der Waals surface area contributed by atoms with Crippen LogP contribution in [0.2, 0.25) is 0 Å². The SMILES string of the molecule is CC(C)[C@@H]1OCCC[C@@H]1Nc1cc(NCCCNS(C)(=O)=O)ncn1. The van der Waals surface area contributed by atoms with Crippen LogP contribution < -0.4 is 15.4 Å². The molecule has 2 atom stereocenters. The smallest absolute Gasteiger partial charge is 0.208 e. The monoisotopic (exact) mass is 371 g/mol. The van der Waals surface area contributed by atoms with Crippen molar-refractivity contribution in [2.75, 3.05) is 36.6 Å². The van der Waals surface area contributed by atoms with Gasteiger partial charge in [0, 0.05) is 25.8 Å². The van der Waals surface area contributed by atoms with Crippen molar-refractivity contribution in [3.63, 3.8) is 0 Å². The molecule has 9 heteroatoms. The van der Waals surface area contributed by atoms with Gasteiger partial charge in [-0.15, -0.1) is 0 Å². The highest BCUT2D eigenvalue weighted by atomic mass is 32.2. The summed E-state index contributed by atoms with van der Waals surface area (Å²) in [5.41, 5.74) is 0. The number of sulfonamides is 1. The Kier molecular flexibility index (Phi) is 7.39. The van der Waals surface area contributed by atoms with Gasteiger partial charge in [-0.25, -0.2) is 23.1 Å². The number of nitrogens with zero attached hydrogens (tertiary/aromatic N) is 2. The van der Waals surface area contributed by atoms with Crippen molar-refractivity contribution < 1.29 is 13.2 Å². The molecule has 0 amide bonds. The Labute approximate surface area is 150 Å². The lowest BCUT2D eigenvalue weighted by Gasteiger charge is -2.35. The van der Waals surface area contributed by atoms with Gasteiger partial charge in [0.1, 0.15) is 18.0 Å². The van der Waals surface area contributed by atoms with E-state index in [0.29, 0.717) is 25.4 Å². The first-order chi connectivity index (χ1) is 11.8. The van der Waals surface area contributed by atoms with E-state index in [-0.39, 0.29) is 12.1 Å². The maximum Gasteiger partial charge on any atom is 0.208 e. The number of hydrogen-bond acceptors (Lipinski definition) is 7. The third kappa shape index (κ3) is 7.13. The highest BCUT2D eigenvalue weighted by molar-refractivity contribution is 7.88. The second-order valence-electron chi connectivity index (χ2n) is 6.71. The summed E-state index contributed by atoms with van der Waals surface area (Å²) >= 11 is 0. The standard InChI is InChI=1S/C16H29N5O3S/c1-12(2)16-13(6-4-9-24-16)21-15-10-14(18-11-19-15)17-7-5-8-20-25(3,22)23/h10-13,16,20H,4-9H2,1-3H3,(H2,17,18,19,21)/t13-,16-/m0/s1. The maximum absolute atomic E-state index is 11.0. The molecule has 1 aromatic rings. The predicted octanol–water partition coefficient (Wildman–Crippen LogP) is 1.44. The molecule has 3 N–H and O–H groups in total. The van der Waals surface area contributed by atoms with Gasteiger partial charge in [0.15, 0.2) is 0 Å². The summed E-state index contributed by atoms with van der Waals surface area (Å²) in [5.74, 6) is 1.93. The van der Waals surface area contributed by atoms with E-state index in [1.807, 2.05) is 6.07 Å². The van der Waals surface area contributed by atoms with Gasteiger partial charge in [-0.2, -0.15) is 0 Å². The molecule has 0 spiro atoms. The van der Waals surface area contributed by atoms with Crippen LogP contribution in [0, 0.1) is 5.92 Å². The van der Waals surface area contributed by atoms with Crippen LogP contribution in [-0.4, -0.2) is 56.5 Å². The maximum atomic E-state index is 11.0. The number of aromatic nitrogens is 2. The van der Waals surface area contributed by atoms with Crippen LogP contribution in [0.15, 0.2) is 12.4 Å². The Morgan fingerprint density at radius 1 is 1.28 bits per heavy atom. The molecule has 25 heavy (non-hydrogen) atoms. The molecule has 1 aliphatic rings. The molecule has 8 nitrogen and oxygen atoms in total. The zero-order valence-electron chi connectivity index (χ0n) is 15.2. The summed E-state index contributed by atoms with van der Waals surface area (Å²) in [5, 5.41) is 6.65. The van der Waals surface area contributed by atoms with Crippen molar-refractivity contribution in [1.29, 1.82) is 0 Å². The number of rotatable bonds is 9. The molecule has 1 aromatic heterocycles. The van der Waals surface area contributed by atoms with Crippen molar-refractivity contribution >= 4 is 21.7 Å². The summed E-state index contributed by atoms with van der Waals surface area (Å²) < 4.78 is 30.4. The molecule has 0 aromatic carbocycles. The third-order valence-electron chi connectivity index (χ3n) is 4.05. The Balaban J connectivity index is 1.84. The first kappa shape index (κ1) is 19.9. The van der Waals surface area contributed by atoms with Gasteiger partial charge >= 0.3 is 0 Å².